The molecule has 0 saturated carbocycles. The largest absolute Gasteiger partial charge is 0.456 e. The van der Waals surface area contributed by atoms with Gasteiger partial charge in [0.2, 0.25) is 0 Å². The van der Waals surface area contributed by atoms with E-state index in [4.69, 9.17) is 4.42 Å². The Labute approximate surface area is 384 Å². The first kappa shape index (κ1) is 38.9. The fraction of sp³-hybridized carbons (Fsp3) is 0. The molecule has 0 atom stereocenters. The lowest BCUT2D eigenvalue weighted by Gasteiger charge is -2.29. The zero-order chi connectivity index (χ0) is 43.8. The van der Waals surface area contributed by atoms with Crippen LogP contribution in [0.15, 0.2) is 265 Å². The lowest BCUT2D eigenvalue weighted by molar-refractivity contribution is 0.669. The monoisotopic (exact) mass is 841 g/mol. The average molecular weight is 842 g/mol. The molecule has 2 heteroatoms. The van der Waals surface area contributed by atoms with Crippen LogP contribution in [-0.4, -0.2) is 0 Å². The van der Waals surface area contributed by atoms with Gasteiger partial charge in [-0.25, -0.2) is 0 Å². The lowest BCUT2D eigenvalue weighted by Crippen LogP contribution is -2.11. The Hall–Kier alpha value is -8.72. The summed E-state index contributed by atoms with van der Waals surface area (Å²) in [5.41, 5.74) is 19.2. The predicted octanol–water partition coefficient (Wildman–Crippen LogP) is 18.2. The maximum absolute atomic E-state index is 6.23. The first-order valence-electron chi connectivity index (χ1n) is 22.6. The van der Waals surface area contributed by atoms with Crippen LogP contribution in [0.5, 0.6) is 0 Å². The van der Waals surface area contributed by atoms with Crippen molar-refractivity contribution in [3.63, 3.8) is 0 Å². The molecule has 0 aliphatic carbocycles. The molecule has 11 aromatic carbocycles. The molecule has 0 unspecified atom stereocenters. The highest BCUT2D eigenvalue weighted by atomic mass is 16.3. The molecule has 310 valence electrons. The quantitative estimate of drug-likeness (QED) is 0.144. The number of fused-ring (bicyclic) bond motifs is 4. The standard InChI is InChI=1S/C64H43NO/c1-4-17-45(18-5-1)54-39-35-50(42-59(54)47-21-8-3-9-22-47)44-33-37-52(38-34-44)65(53-26-14-25-49(41-53)51-36-40-63-60(43-51)57-28-11-13-32-62(57)66-63)61-31-12-10-27-56(61)58-30-16-24-48-23-15-29-55(64(48)58)46-19-6-2-7-20-46/h1-43H. The molecule has 0 N–H and O–H groups in total. The van der Waals surface area contributed by atoms with Crippen molar-refractivity contribution in [2.45, 2.75) is 0 Å². The molecule has 1 heterocycles. The Balaban J connectivity index is 1.02. The molecule has 0 spiro atoms. The van der Waals surface area contributed by atoms with E-state index >= 15 is 0 Å². The van der Waals surface area contributed by atoms with Crippen LogP contribution in [0.4, 0.5) is 17.1 Å². The Bertz CT molecular complexity index is 3680. The van der Waals surface area contributed by atoms with Gasteiger partial charge >= 0.3 is 0 Å². The Morgan fingerprint density at radius 2 is 0.788 bits per heavy atom. The molecule has 0 saturated heterocycles. The minimum Gasteiger partial charge on any atom is -0.456 e. The molecular formula is C64H43NO. The molecule has 0 aliphatic heterocycles. The van der Waals surface area contributed by atoms with Gasteiger partial charge in [-0.2, -0.15) is 0 Å². The summed E-state index contributed by atoms with van der Waals surface area (Å²) < 4.78 is 6.23. The van der Waals surface area contributed by atoms with Crippen LogP contribution in [0.3, 0.4) is 0 Å². The smallest absolute Gasteiger partial charge is 0.135 e. The van der Waals surface area contributed by atoms with Gasteiger partial charge in [0.05, 0.1) is 5.69 Å². The second kappa shape index (κ2) is 16.8. The van der Waals surface area contributed by atoms with E-state index in [9.17, 15) is 0 Å². The SMILES string of the molecule is c1ccc(-c2ccc(-c3ccc(N(c4cccc(-c5ccc6oc7ccccc7c6c5)c4)c4ccccc4-c4cccc5cccc(-c6ccccc6)c45)cc3)cc2-c2ccccc2)cc1. The lowest BCUT2D eigenvalue weighted by atomic mass is 9.90. The summed E-state index contributed by atoms with van der Waals surface area (Å²) in [7, 11) is 0. The second-order valence-corrected chi connectivity index (χ2v) is 16.8. The van der Waals surface area contributed by atoms with E-state index in [1.165, 1.54) is 55.3 Å². The van der Waals surface area contributed by atoms with Gasteiger partial charge in [0, 0.05) is 27.7 Å². The van der Waals surface area contributed by atoms with E-state index < -0.39 is 0 Å². The molecule has 0 aliphatic rings. The first-order valence-corrected chi connectivity index (χ1v) is 22.6. The summed E-state index contributed by atoms with van der Waals surface area (Å²) in [5.74, 6) is 0. The van der Waals surface area contributed by atoms with Crippen LogP contribution in [0, 0.1) is 0 Å². The number of nitrogens with zero attached hydrogens (tertiary/aromatic N) is 1. The van der Waals surface area contributed by atoms with Gasteiger partial charge < -0.3 is 9.32 Å². The molecule has 0 fully saturated rings. The van der Waals surface area contributed by atoms with Crippen molar-refractivity contribution in [1.82, 2.24) is 0 Å². The van der Waals surface area contributed by atoms with Gasteiger partial charge in [-0.3, -0.25) is 0 Å². The summed E-state index contributed by atoms with van der Waals surface area (Å²) >= 11 is 0. The van der Waals surface area contributed by atoms with E-state index in [0.717, 1.165) is 61.3 Å². The molecular weight excluding hydrogens is 799 g/mol. The highest BCUT2D eigenvalue weighted by Crippen LogP contribution is 2.46. The Morgan fingerprint density at radius 1 is 0.258 bits per heavy atom. The van der Waals surface area contributed by atoms with E-state index in [2.05, 4.69) is 254 Å². The normalized spacial score (nSPS) is 11.3. The second-order valence-electron chi connectivity index (χ2n) is 16.8. The molecule has 12 rings (SSSR count). The molecule has 2 nitrogen and oxygen atoms in total. The van der Waals surface area contributed by atoms with E-state index in [1.54, 1.807) is 0 Å². The van der Waals surface area contributed by atoms with Crippen molar-refractivity contribution in [2.75, 3.05) is 4.90 Å². The van der Waals surface area contributed by atoms with Gasteiger partial charge in [-0.15, -0.1) is 0 Å². The third-order valence-electron chi connectivity index (χ3n) is 12.9. The predicted molar refractivity (Wildman–Crippen MR) is 279 cm³/mol. The van der Waals surface area contributed by atoms with Gasteiger partial charge in [0.1, 0.15) is 11.2 Å². The number of benzene rings is 11. The molecule has 1 aromatic heterocycles. The Morgan fingerprint density at radius 3 is 1.55 bits per heavy atom. The van der Waals surface area contributed by atoms with Crippen LogP contribution in [0.1, 0.15) is 0 Å². The summed E-state index contributed by atoms with van der Waals surface area (Å²) in [6, 6.07) is 94.0. The van der Waals surface area contributed by atoms with Crippen molar-refractivity contribution < 1.29 is 4.42 Å². The van der Waals surface area contributed by atoms with Crippen LogP contribution in [0.25, 0.3) is 99.5 Å². The highest BCUT2D eigenvalue weighted by molar-refractivity contribution is 6.09. The third-order valence-corrected chi connectivity index (χ3v) is 12.9. The van der Waals surface area contributed by atoms with Crippen LogP contribution in [-0.2, 0) is 0 Å². The van der Waals surface area contributed by atoms with Crippen molar-refractivity contribution >= 4 is 49.8 Å². The number of anilines is 3. The van der Waals surface area contributed by atoms with Crippen molar-refractivity contribution in [1.29, 1.82) is 0 Å². The number of hydrogen-bond donors (Lipinski definition) is 0. The fourth-order valence-electron chi connectivity index (χ4n) is 9.73. The maximum atomic E-state index is 6.23. The number of hydrogen-bond acceptors (Lipinski definition) is 2. The minimum atomic E-state index is 0.891. The third kappa shape index (κ3) is 7.12. The van der Waals surface area contributed by atoms with Crippen LogP contribution < -0.4 is 4.90 Å². The minimum absolute atomic E-state index is 0.891. The number of rotatable bonds is 9. The van der Waals surface area contributed by atoms with Gasteiger partial charge in [0.25, 0.3) is 0 Å². The molecule has 12 aromatic rings. The van der Waals surface area contributed by atoms with Crippen molar-refractivity contribution in [2.24, 2.45) is 0 Å². The van der Waals surface area contributed by atoms with Crippen LogP contribution >= 0.6 is 0 Å². The zero-order valence-corrected chi connectivity index (χ0v) is 36.2. The molecule has 0 bridgehead atoms. The molecule has 0 radical (unpaired) electrons. The molecule has 66 heavy (non-hydrogen) atoms. The van der Waals surface area contributed by atoms with Gasteiger partial charge in [-0.05, 0) is 127 Å². The van der Waals surface area contributed by atoms with E-state index in [0.29, 0.717) is 0 Å². The summed E-state index contributed by atoms with van der Waals surface area (Å²) in [6.45, 7) is 0. The number of furan rings is 1. The van der Waals surface area contributed by atoms with Gasteiger partial charge in [0.15, 0.2) is 0 Å². The average Bonchev–Trinajstić information content (AvgIpc) is 3.78. The topological polar surface area (TPSA) is 16.4 Å². The Kier molecular flexibility index (Phi) is 9.89. The maximum Gasteiger partial charge on any atom is 0.135 e. The summed E-state index contributed by atoms with van der Waals surface area (Å²) in [4.78, 5) is 2.42. The van der Waals surface area contributed by atoms with E-state index in [-0.39, 0.29) is 0 Å². The fourth-order valence-corrected chi connectivity index (χ4v) is 9.73. The summed E-state index contributed by atoms with van der Waals surface area (Å²) in [5, 5.41) is 4.67. The zero-order valence-electron chi connectivity index (χ0n) is 36.2. The first-order chi connectivity index (χ1) is 32.7. The summed E-state index contributed by atoms with van der Waals surface area (Å²) in [6.07, 6.45) is 0. The number of para-hydroxylation sites is 2. The molecule has 0 amide bonds. The van der Waals surface area contributed by atoms with Gasteiger partial charge in [-0.1, -0.05) is 206 Å². The van der Waals surface area contributed by atoms with E-state index in [1.807, 2.05) is 12.1 Å². The van der Waals surface area contributed by atoms with Crippen molar-refractivity contribution in [3.8, 4) is 66.8 Å². The van der Waals surface area contributed by atoms with Crippen LogP contribution in [0.2, 0.25) is 0 Å². The van der Waals surface area contributed by atoms with Crippen molar-refractivity contribution in [3.05, 3.63) is 261 Å². The highest BCUT2D eigenvalue weighted by Gasteiger charge is 2.21.